The van der Waals surface area contributed by atoms with E-state index in [0.717, 1.165) is 11.1 Å². The number of aliphatic hydroxyl groups excluding tert-OH is 1. The molecule has 2 aromatic carbocycles. The predicted molar refractivity (Wildman–Crippen MR) is 69.6 cm³/mol. The second-order valence-electron chi connectivity index (χ2n) is 3.71. The average molecular weight is 230 g/mol. The van der Waals surface area contributed by atoms with Crippen LogP contribution < -0.4 is 0 Å². The molecule has 0 radical (unpaired) electrons. The fraction of sp³-hybridized carbons (Fsp3) is 0.143. The van der Waals surface area contributed by atoms with Crippen LogP contribution in [0.3, 0.4) is 0 Å². The highest BCUT2D eigenvalue weighted by molar-refractivity contribution is 7.80. The van der Waals surface area contributed by atoms with Crippen LogP contribution in [-0.4, -0.2) is 5.11 Å². The lowest BCUT2D eigenvalue weighted by Gasteiger charge is -2.18. The summed E-state index contributed by atoms with van der Waals surface area (Å²) in [6.45, 7) is 0. The number of hydrogen-bond donors (Lipinski definition) is 2. The average Bonchev–Trinajstić information content (AvgIpc) is 2.39. The molecule has 1 N–H and O–H groups in total. The van der Waals surface area contributed by atoms with Gasteiger partial charge in [0.25, 0.3) is 0 Å². The van der Waals surface area contributed by atoms with Gasteiger partial charge in [0, 0.05) is 0 Å². The first kappa shape index (κ1) is 11.2. The van der Waals surface area contributed by atoms with E-state index in [4.69, 9.17) is 0 Å². The van der Waals surface area contributed by atoms with Crippen LogP contribution in [0.1, 0.15) is 22.5 Å². The summed E-state index contributed by atoms with van der Waals surface area (Å²) < 4.78 is 0. The van der Waals surface area contributed by atoms with E-state index in [-0.39, 0.29) is 5.25 Å². The number of aliphatic hydroxyl groups is 1. The Kier molecular flexibility index (Phi) is 3.65. The van der Waals surface area contributed by atoms with Gasteiger partial charge < -0.3 is 5.11 Å². The summed E-state index contributed by atoms with van der Waals surface area (Å²) in [6.07, 6.45) is -0.577. The number of rotatable bonds is 3. The largest absolute Gasteiger partial charge is 0.387 e. The van der Waals surface area contributed by atoms with E-state index < -0.39 is 6.10 Å². The molecule has 0 saturated carbocycles. The fourth-order valence-electron chi connectivity index (χ4n) is 1.67. The zero-order valence-corrected chi connectivity index (χ0v) is 9.72. The van der Waals surface area contributed by atoms with Crippen LogP contribution in [0.4, 0.5) is 0 Å². The maximum atomic E-state index is 10.2. The van der Waals surface area contributed by atoms with Crippen molar-refractivity contribution in [3.8, 4) is 0 Å². The molecule has 82 valence electrons. The summed E-state index contributed by atoms with van der Waals surface area (Å²) in [4.78, 5) is 0. The Balaban J connectivity index is 2.20. The maximum absolute atomic E-state index is 10.2. The second-order valence-corrected chi connectivity index (χ2v) is 4.27. The van der Waals surface area contributed by atoms with Crippen molar-refractivity contribution in [2.75, 3.05) is 0 Å². The molecule has 2 unspecified atom stereocenters. The smallest absolute Gasteiger partial charge is 0.0946 e. The molecule has 0 aromatic heterocycles. The Hall–Kier alpha value is -1.25. The first-order chi connectivity index (χ1) is 7.79. The minimum absolute atomic E-state index is 0.191. The first-order valence-corrected chi connectivity index (χ1v) is 5.76. The number of thiol groups is 1. The zero-order valence-electron chi connectivity index (χ0n) is 8.82. The molecular weight excluding hydrogens is 216 g/mol. The quantitative estimate of drug-likeness (QED) is 0.774. The van der Waals surface area contributed by atoms with E-state index >= 15 is 0 Å². The molecule has 16 heavy (non-hydrogen) atoms. The third-order valence-corrected chi connectivity index (χ3v) is 3.16. The normalized spacial score (nSPS) is 14.4. The predicted octanol–water partition coefficient (Wildman–Crippen LogP) is 3.39. The van der Waals surface area contributed by atoms with Crippen molar-refractivity contribution in [2.24, 2.45) is 0 Å². The Morgan fingerprint density at radius 1 is 0.750 bits per heavy atom. The first-order valence-electron chi connectivity index (χ1n) is 5.25. The second kappa shape index (κ2) is 5.19. The third-order valence-electron chi connectivity index (χ3n) is 2.58. The SMILES string of the molecule is OC(c1ccccc1)C(S)c1ccccc1. The van der Waals surface area contributed by atoms with Crippen molar-refractivity contribution in [3.63, 3.8) is 0 Å². The third kappa shape index (κ3) is 2.46. The van der Waals surface area contributed by atoms with Gasteiger partial charge in [0.2, 0.25) is 0 Å². The van der Waals surface area contributed by atoms with E-state index in [1.54, 1.807) is 0 Å². The van der Waals surface area contributed by atoms with Crippen LogP contribution in [-0.2, 0) is 0 Å². The molecule has 0 amide bonds. The van der Waals surface area contributed by atoms with Crippen LogP contribution in [0.15, 0.2) is 60.7 Å². The molecule has 0 heterocycles. The fourth-order valence-corrected chi connectivity index (χ4v) is 2.01. The van der Waals surface area contributed by atoms with E-state index in [9.17, 15) is 5.11 Å². The molecule has 0 aliphatic heterocycles. The monoisotopic (exact) mass is 230 g/mol. The summed E-state index contributed by atoms with van der Waals surface area (Å²) in [7, 11) is 0. The molecule has 2 heteroatoms. The number of benzene rings is 2. The van der Waals surface area contributed by atoms with Gasteiger partial charge in [-0.25, -0.2) is 0 Å². The van der Waals surface area contributed by atoms with Crippen LogP contribution in [0, 0.1) is 0 Å². The summed E-state index contributed by atoms with van der Waals surface area (Å²) in [5.41, 5.74) is 1.92. The van der Waals surface area contributed by atoms with Gasteiger partial charge in [-0.3, -0.25) is 0 Å². The van der Waals surface area contributed by atoms with Crippen LogP contribution in [0.25, 0.3) is 0 Å². The van der Waals surface area contributed by atoms with Crippen molar-refractivity contribution in [3.05, 3.63) is 71.8 Å². The highest BCUT2D eigenvalue weighted by Crippen LogP contribution is 2.33. The van der Waals surface area contributed by atoms with Gasteiger partial charge in [-0.05, 0) is 11.1 Å². The highest BCUT2D eigenvalue weighted by Gasteiger charge is 2.18. The molecule has 0 aliphatic carbocycles. The summed E-state index contributed by atoms with van der Waals surface area (Å²) >= 11 is 4.48. The minimum atomic E-state index is -0.577. The van der Waals surface area contributed by atoms with Crippen LogP contribution >= 0.6 is 12.6 Å². The van der Waals surface area contributed by atoms with Gasteiger partial charge in [-0.2, -0.15) is 12.6 Å². The summed E-state index contributed by atoms with van der Waals surface area (Å²) in [5, 5.41) is 9.97. The molecule has 1 nitrogen and oxygen atoms in total. The van der Waals surface area contributed by atoms with Crippen molar-refractivity contribution >= 4 is 12.6 Å². The van der Waals surface area contributed by atoms with E-state index in [1.165, 1.54) is 0 Å². The lowest BCUT2D eigenvalue weighted by atomic mass is 10.0. The van der Waals surface area contributed by atoms with Crippen molar-refractivity contribution in [2.45, 2.75) is 11.4 Å². The zero-order chi connectivity index (χ0) is 11.4. The molecule has 2 rings (SSSR count). The van der Waals surface area contributed by atoms with Gasteiger partial charge in [-0.1, -0.05) is 60.7 Å². The molecule has 2 atom stereocenters. The Labute approximate surface area is 101 Å². The van der Waals surface area contributed by atoms with Crippen molar-refractivity contribution in [1.82, 2.24) is 0 Å². The van der Waals surface area contributed by atoms with Gasteiger partial charge in [0.1, 0.15) is 0 Å². The van der Waals surface area contributed by atoms with Crippen molar-refractivity contribution in [1.29, 1.82) is 0 Å². The van der Waals surface area contributed by atoms with E-state index in [0.29, 0.717) is 0 Å². The minimum Gasteiger partial charge on any atom is -0.387 e. The Morgan fingerprint density at radius 3 is 1.69 bits per heavy atom. The lowest BCUT2D eigenvalue weighted by molar-refractivity contribution is 0.175. The Bertz CT molecular complexity index is 384. The molecule has 0 spiro atoms. The van der Waals surface area contributed by atoms with E-state index in [2.05, 4.69) is 12.6 Å². The van der Waals surface area contributed by atoms with Crippen molar-refractivity contribution < 1.29 is 5.11 Å². The number of hydrogen-bond acceptors (Lipinski definition) is 2. The van der Waals surface area contributed by atoms with Crippen LogP contribution in [0.2, 0.25) is 0 Å². The molecule has 0 aliphatic rings. The molecule has 0 bridgehead atoms. The standard InChI is InChI=1S/C14H14OS/c15-13(11-7-3-1-4-8-11)14(16)12-9-5-2-6-10-12/h1-10,13-16H. The molecule has 2 aromatic rings. The Morgan fingerprint density at radius 2 is 1.19 bits per heavy atom. The van der Waals surface area contributed by atoms with Crippen LogP contribution in [0.5, 0.6) is 0 Å². The lowest BCUT2D eigenvalue weighted by Crippen LogP contribution is -2.05. The summed E-state index contributed by atoms with van der Waals surface area (Å²) in [6, 6.07) is 19.4. The van der Waals surface area contributed by atoms with E-state index in [1.807, 2.05) is 60.7 Å². The van der Waals surface area contributed by atoms with Gasteiger partial charge >= 0.3 is 0 Å². The van der Waals surface area contributed by atoms with Gasteiger partial charge in [-0.15, -0.1) is 0 Å². The molecule has 0 fully saturated rings. The summed E-state index contributed by atoms with van der Waals surface area (Å²) in [5.74, 6) is 0. The maximum Gasteiger partial charge on any atom is 0.0946 e. The topological polar surface area (TPSA) is 20.2 Å². The highest BCUT2D eigenvalue weighted by atomic mass is 32.1. The van der Waals surface area contributed by atoms with Gasteiger partial charge in [0.15, 0.2) is 0 Å². The van der Waals surface area contributed by atoms with Gasteiger partial charge in [0.05, 0.1) is 11.4 Å². The molecular formula is C14H14OS. The molecule has 0 saturated heterocycles.